The first kappa shape index (κ1) is 22.5. The van der Waals surface area contributed by atoms with Crippen LogP contribution in [0.1, 0.15) is 38.3 Å². The Hall–Kier alpha value is -4.69. The lowest BCUT2D eigenvalue weighted by Crippen LogP contribution is -2.25. The fourth-order valence-corrected chi connectivity index (χ4v) is 3.75. The van der Waals surface area contributed by atoms with Gasteiger partial charge in [0.25, 0.3) is 5.91 Å². The van der Waals surface area contributed by atoms with Gasteiger partial charge < -0.3 is 10.4 Å². The number of aliphatic hydroxyl groups excluding tert-OH is 1. The molecular formula is C29H23N3O2. The predicted octanol–water partition coefficient (Wildman–Crippen LogP) is 5.91. The van der Waals surface area contributed by atoms with E-state index in [-0.39, 0.29) is 17.2 Å². The first-order chi connectivity index (χ1) is 16.6. The van der Waals surface area contributed by atoms with E-state index in [0.29, 0.717) is 34.6 Å². The fraction of sp³-hybridized carbons (Fsp3) is 0.0690. The topological polar surface area (TPSA) is 86.0 Å². The monoisotopic (exact) mass is 445 g/mol. The van der Waals surface area contributed by atoms with Crippen molar-refractivity contribution in [2.45, 2.75) is 13.5 Å². The van der Waals surface area contributed by atoms with Crippen LogP contribution in [0, 0.1) is 18.3 Å². The van der Waals surface area contributed by atoms with Crippen molar-refractivity contribution in [3.63, 3.8) is 0 Å². The molecule has 0 saturated carbocycles. The van der Waals surface area contributed by atoms with Crippen LogP contribution in [0.25, 0.3) is 23.1 Å². The summed E-state index contributed by atoms with van der Waals surface area (Å²) < 4.78 is 0. The number of nitriles is 1. The third kappa shape index (κ3) is 4.87. The van der Waals surface area contributed by atoms with Crippen molar-refractivity contribution in [2.75, 3.05) is 0 Å². The molecule has 34 heavy (non-hydrogen) atoms. The highest BCUT2D eigenvalue weighted by molar-refractivity contribution is 6.01. The molecule has 0 unspecified atom stereocenters. The van der Waals surface area contributed by atoms with Crippen molar-refractivity contribution < 1.29 is 9.90 Å². The smallest absolute Gasteiger partial charge is 0.254 e. The van der Waals surface area contributed by atoms with Crippen molar-refractivity contribution in [1.82, 2.24) is 10.3 Å². The Morgan fingerprint density at radius 1 is 0.971 bits per heavy atom. The average molecular weight is 446 g/mol. The second-order valence-corrected chi connectivity index (χ2v) is 7.76. The van der Waals surface area contributed by atoms with Crippen LogP contribution < -0.4 is 5.32 Å². The summed E-state index contributed by atoms with van der Waals surface area (Å²) >= 11 is 0. The number of nitrogens with zero attached hydrogens (tertiary/aromatic N) is 2. The van der Waals surface area contributed by atoms with Gasteiger partial charge in [-0.15, -0.1) is 0 Å². The molecule has 166 valence electrons. The van der Waals surface area contributed by atoms with Gasteiger partial charge in [-0.1, -0.05) is 91.0 Å². The van der Waals surface area contributed by atoms with Gasteiger partial charge in [-0.3, -0.25) is 4.79 Å². The van der Waals surface area contributed by atoms with Gasteiger partial charge in [0.2, 0.25) is 0 Å². The largest absolute Gasteiger partial charge is 0.507 e. The minimum atomic E-state index is -0.364. The molecule has 1 aromatic heterocycles. The van der Waals surface area contributed by atoms with Crippen LogP contribution in [0.15, 0.2) is 91.0 Å². The Kier molecular flexibility index (Phi) is 6.81. The van der Waals surface area contributed by atoms with Crippen LogP contribution in [0.4, 0.5) is 0 Å². The second-order valence-electron chi connectivity index (χ2n) is 7.76. The van der Waals surface area contributed by atoms with E-state index in [0.717, 1.165) is 11.1 Å². The Morgan fingerprint density at radius 3 is 2.18 bits per heavy atom. The number of pyridine rings is 1. The summed E-state index contributed by atoms with van der Waals surface area (Å²) in [6, 6.07) is 30.2. The van der Waals surface area contributed by atoms with E-state index < -0.39 is 0 Å². The Balaban J connectivity index is 1.84. The highest BCUT2D eigenvalue weighted by atomic mass is 16.3. The van der Waals surface area contributed by atoms with Crippen LogP contribution in [0.2, 0.25) is 0 Å². The van der Waals surface area contributed by atoms with Crippen LogP contribution in [-0.2, 0) is 6.54 Å². The van der Waals surface area contributed by atoms with Crippen LogP contribution >= 0.6 is 0 Å². The zero-order valence-corrected chi connectivity index (χ0v) is 18.7. The van der Waals surface area contributed by atoms with E-state index in [1.807, 2.05) is 78.9 Å². The molecular weight excluding hydrogens is 422 g/mol. The number of amides is 1. The molecule has 0 radical (unpaired) electrons. The maximum absolute atomic E-state index is 13.3. The summed E-state index contributed by atoms with van der Waals surface area (Å²) in [7, 11) is 0. The lowest BCUT2D eigenvalue weighted by atomic mass is 9.95. The van der Waals surface area contributed by atoms with Crippen molar-refractivity contribution >= 4 is 17.7 Å². The maximum Gasteiger partial charge on any atom is 0.254 e. The molecule has 0 fully saturated rings. The van der Waals surface area contributed by atoms with Gasteiger partial charge >= 0.3 is 0 Å². The van der Waals surface area contributed by atoms with Gasteiger partial charge in [-0.05, 0) is 18.1 Å². The van der Waals surface area contributed by atoms with Gasteiger partial charge in [0.05, 0.1) is 22.5 Å². The van der Waals surface area contributed by atoms with Gasteiger partial charge in [0, 0.05) is 23.7 Å². The number of rotatable bonds is 6. The molecule has 0 saturated heterocycles. The number of hydrogen-bond acceptors (Lipinski definition) is 4. The maximum atomic E-state index is 13.3. The number of carbonyl (C=O) groups excluding carboxylic acids is 1. The summed E-state index contributed by atoms with van der Waals surface area (Å²) in [5, 5.41) is 23.7. The standard InChI is InChI=1S/C29H23N3O2/c1-20-24(18-30)28(23-15-9-4-10-16-23)32-25(17-26(33)22-13-7-3-8-14-22)27(20)29(34)31-19-21-11-5-2-6-12-21/h2-17,33H,19H2,1H3,(H,31,34)/b26-17+. The molecule has 2 N–H and O–H groups in total. The normalized spacial score (nSPS) is 11.0. The summed E-state index contributed by atoms with van der Waals surface area (Å²) in [6.07, 6.45) is 1.48. The molecule has 0 aliphatic rings. The number of aromatic nitrogens is 1. The van der Waals surface area contributed by atoms with Crippen molar-refractivity contribution in [3.05, 3.63) is 125 Å². The Bertz CT molecular complexity index is 1370. The molecule has 0 aliphatic carbocycles. The quantitative estimate of drug-likeness (QED) is 0.361. The molecule has 4 aromatic rings. The first-order valence-electron chi connectivity index (χ1n) is 10.9. The number of nitrogens with one attached hydrogen (secondary N) is 1. The summed E-state index contributed by atoms with van der Waals surface area (Å²) in [6.45, 7) is 2.07. The number of benzene rings is 3. The SMILES string of the molecule is Cc1c(C#N)c(-c2ccccc2)nc(/C=C(/O)c2ccccc2)c1C(=O)NCc1ccccc1. The lowest BCUT2D eigenvalue weighted by Gasteiger charge is -2.15. The van der Waals surface area contributed by atoms with Crippen molar-refractivity contribution in [3.8, 4) is 17.3 Å². The van der Waals surface area contributed by atoms with Crippen LogP contribution in [0.5, 0.6) is 0 Å². The van der Waals surface area contributed by atoms with E-state index in [1.54, 1.807) is 19.1 Å². The molecule has 1 heterocycles. The van der Waals surface area contributed by atoms with E-state index in [9.17, 15) is 15.2 Å². The zero-order chi connectivity index (χ0) is 23.9. The Labute approximate surface area is 198 Å². The first-order valence-corrected chi connectivity index (χ1v) is 10.9. The summed E-state index contributed by atoms with van der Waals surface area (Å²) in [5.41, 5.74) is 4.16. The van der Waals surface area contributed by atoms with E-state index in [1.165, 1.54) is 6.08 Å². The fourth-order valence-electron chi connectivity index (χ4n) is 3.75. The summed E-state index contributed by atoms with van der Waals surface area (Å²) in [4.78, 5) is 18.0. The predicted molar refractivity (Wildman–Crippen MR) is 134 cm³/mol. The Morgan fingerprint density at radius 2 is 1.56 bits per heavy atom. The molecule has 5 nitrogen and oxygen atoms in total. The minimum Gasteiger partial charge on any atom is -0.507 e. The van der Waals surface area contributed by atoms with Gasteiger partial charge in [-0.2, -0.15) is 5.26 Å². The molecule has 5 heteroatoms. The third-order valence-electron chi connectivity index (χ3n) is 5.50. The minimum absolute atomic E-state index is 0.0201. The molecule has 1 amide bonds. The summed E-state index contributed by atoms with van der Waals surface area (Å²) in [5.74, 6) is -0.384. The number of carbonyl (C=O) groups is 1. The number of hydrogen-bond donors (Lipinski definition) is 2. The third-order valence-corrected chi connectivity index (χ3v) is 5.50. The zero-order valence-electron chi connectivity index (χ0n) is 18.7. The van der Waals surface area contributed by atoms with Crippen LogP contribution in [0.3, 0.4) is 0 Å². The molecule has 0 atom stereocenters. The molecule has 3 aromatic carbocycles. The number of aliphatic hydroxyl groups is 1. The van der Waals surface area contributed by atoms with Crippen molar-refractivity contribution in [1.29, 1.82) is 5.26 Å². The highest BCUT2D eigenvalue weighted by Crippen LogP contribution is 2.29. The van der Waals surface area contributed by atoms with E-state index >= 15 is 0 Å². The van der Waals surface area contributed by atoms with Gasteiger partial charge in [0.15, 0.2) is 0 Å². The second kappa shape index (κ2) is 10.3. The molecule has 0 aliphatic heterocycles. The van der Waals surface area contributed by atoms with E-state index in [2.05, 4.69) is 11.4 Å². The van der Waals surface area contributed by atoms with Gasteiger partial charge in [-0.25, -0.2) is 4.98 Å². The molecule has 4 rings (SSSR count). The molecule has 0 spiro atoms. The van der Waals surface area contributed by atoms with Crippen molar-refractivity contribution in [2.24, 2.45) is 0 Å². The van der Waals surface area contributed by atoms with Crippen LogP contribution in [-0.4, -0.2) is 16.0 Å². The average Bonchev–Trinajstić information content (AvgIpc) is 2.88. The van der Waals surface area contributed by atoms with E-state index in [4.69, 9.17) is 4.98 Å². The van der Waals surface area contributed by atoms with Gasteiger partial charge in [0.1, 0.15) is 11.8 Å². The highest BCUT2D eigenvalue weighted by Gasteiger charge is 2.22. The lowest BCUT2D eigenvalue weighted by molar-refractivity contribution is 0.0949. The molecule has 0 bridgehead atoms.